The van der Waals surface area contributed by atoms with Gasteiger partial charge in [-0.2, -0.15) is 0 Å². The average molecular weight is 305 g/mol. The zero-order valence-corrected chi connectivity index (χ0v) is 12.1. The summed E-state index contributed by atoms with van der Waals surface area (Å²) in [6, 6.07) is 2.51. The van der Waals surface area contributed by atoms with Gasteiger partial charge in [-0.05, 0) is 30.9 Å². The van der Waals surface area contributed by atoms with Crippen LogP contribution >= 0.6 is 23.2 Å². The quantitative estimate of drug-likeness (QED) is 0.766. The Morgan fingerprint density at radius 1 is 1.42 bits per heavy atom. The summed E-state index contributed by atoms with van der Waals surface area (Å²) in [5, 5.41) is 2.49. The summed E-state index contributed by atoms with van der Waals surface area (Å²) >= 11 is 11.4. The molecule has 1 aliphatic rings. The average Bonchev–Trinajstić information content (AvgIpc) is 2.36. The number of anilines is 1. The number of amides is 2. The van der Waals surface area contributed by atoms with Gasteiger partial charge in [-0.1, -0.05) is 30.1 Å². The molecule has 1 fully saturated rings. The van der Waals surface area contributed by atoms with Crippen molar-refractivity contribution >= 4 is 34.9 Å². The summed E-state index contributed by atoms with van der Waals surface area (Å²) in [4.78, 5) is 13.8. The zero-order chi connectivity index (χ0) is 14.0. The zero-order valence-electron chi connectivity index (χ0n) is 10.5. The number of carbonyl (C=O) groups is 1. The van der Waals surface area contributed by atoms with Crippen molar-refractivity contribution < 1.29 is 9.18 Å². The highest BCUT2D eigenvalue weighted by molar-refractivity contribution is 6.35. The predicted octanol–water partition coefficient (Wildman–Crippen LogP) is 4.40. The van der Waals surface area contributed by atoms with Crippen molar-refractivity contribution in [1.82, 2.24) is 4.90 Å². The molecule has 0 spiro atoms. The van der Waals surface area contributed by atoms with Crippen LogP contribution in [-0.4, -0.2) is 24.0 Å². The van der Waals surface area contributed by atoms with Gasteiger partial charge in [0, 0.05) is 18.8 Å². The highest BCUT2D eigenvalue weighted by Gasteiger charge is 2.21. The van der Waals surface area contributed by atoms with Gasteiger partial charge in [0.1, 0.15) is 0 Å². The van der Waals surface area contributed by atoms with E-state index in [9.17, 15) is 9.18 Å². The smallest absolute Gasteiger partial charge is 0.321 e. The Balaban J connectivity index is 2.06. The predicted molar refractivity (Wildman–Crippen MR) is 75.4 cm³/mol. The second kappa shape index (κ2) is 5.97. The minimum absolute atomic E-state index is 0.102. The number of benzene rings is 1. The van der Waals surface area contributed by atoms with Crippen LogP contribution in [-0.2, 0) is 0 Å². The van der Waals surface area contributed by atoms with Gasteiger partial charge >= 0.3 is 6.03 Å². The van der Waals surface area contributed by atoms with E-state index >= 15 is 0 Å². The molecule has 104 valence electrons. The first kappa shape index (κ1) is 14.4. The number of urea groups is 1. The van der Waals surface area contributed by atoms with Crippen LogP contribution in [0.3, 0.4) is 0 Å². The Morgan fingerprint density at radius 2 is 2.05 bits per heavy atom. The summed E-state index contributed by atoms with van der Waals surface area (Å²) in [6.45, 7) is 3.58. The second-order valence-corrected chi connectivity index (χ2v) is 5.69. The van der Waals surface area contributed by atoms with Crippen LogP contribution in [0.1, 0.15) is 19.8 Å². The summed E-state index contributed by atoms with van der Waals surface area (Å²) in [6.07, 6.45) is 2.14. The molecule has 3 nitrogen and oxygen atoms in total. The number of likely N-dealkylation sites (tertiary alicyclic amines) is 1. The van der Waals surface area contributed by atoms with E-state index < -0.39 is 5.82 Å². The third-order valence-electron chi connectivity index (χ3n) is 3.18. The summed E-state index contributed by atoms with van der Waals surface area (Å²) in [5.74, 6) is -0.173. The number of halogens is 3. The van der Waals surface area contributed by atoms with Gasteiger partial charge in [-0.3, -0.25) is 0 Å². The number of hydrogen-bond acceptors (Lipinski definition) is 1. The fourth-order valence-corrected chi connectivity index (χ4v) is 2.69. The molecule has 1 N–H and O–H groups in total. The summed E-state index contributed by atoms with van der Waals surface area (Å²) in [7, 11) is 0. The fourth-order valence-electron chi connectivity index (χ4n) is 2.20. The van der Waals surface area contributed by atoms with Crippen LogP contribution in [0.25, 0.3) is 0 Å². The van der Waals surface area contributed by atoms with Gasteiger partial charge in [-0.25, -0.2) is 9.18 Å². The number of carbonyl (C=O) groups excluding carboxylic acids is 1. The van der Waals surface area contributed by atoms with E-state index in [0.717, 1.165) is 25.9 Å². The molecule has 6 heteroatoms. The van der Waals surface area contributed by atoms with Crippen molar-refractivity contribution in [2.45, 2.75) is 19.8 Å². The van der Waals surface area contributed by atoms with Crippen molar-refractivity contribution in [3.63, 3.8) is 0 Å². The standard InChI is InChI=1S/C13H15Cl2FN2O/c1-8-3-2-4-18(7-8)13(19)17-9-5-10(14)12(16)11(15)6-9/h5-6,8H,2-4,7H2,1H3,(H,17,19). The monoisotopic (exact) mass is 304 g/mol. The van der Waals surface area contributed by atoms with Crippen LogP contribution in [0.2, 0.25) is 10.0 Å². The van der Waals surface area contributed by atoms with E-state index in [1.165, 1.54) is 12.1 Å². The molecule has 0 bridgehead atoms. The molecule has 19 heavy (non-hydrogen) atoms. The molecule has 1 atom stereocenters. The van der Waals surface area contributed by atoms with Crippen molar-refractivity contribution in [1.29, 1.82) is 0 Å². The van der Waals surface area contributed by atoms with Crippen molar-refractivity contribution in [3.8, 4) is 0 Å². The minimum atomic E-state index is -0.673. The Kier molecular flexibility index (Phi) is 4.53. The van der Waals surface area contributed by atoms with Gasteiger partial charge in [0.2, 0.25) is 0 Å². The fraction of sp³-hybridized carbons (Fsp3) is 0.462. The Hall–Kier alpha value is -1.00. The van der Waals surface area contributed by atoms with Crippen LogP contribution in [0.5, 0.6) is 0 Å². The maximum Gasteiger partial charge on any atom is 0.321 e. The Morgan fingerprint density at radius 3 is 2.63 bits per heavy atom. The molecule has 0 saturated carbocycles. The van der Waals surface area contributed by atoms with E-state index in [1.54, 1.807) is 4.90 Å². The number of nitrogens with one attached hydrogen (secondary N) is 1. The van der Waals surface area contributed by atoms with E-state index in [0.29, 0.717) is 11.6 Å². The minimum Gasteiger partial charge on any atom is -0.324 e. The first-order valence-electron chi connectivity index (χ1n) is 6.18. The SMILES string of the molecule is CC1CCCN(C(=O)Nc2cc(Cl)c(F)c(Cl)c2)C1. The molecule has 1 heterocycles. The van der Waals surface area contributed by atoms with E-state index in [2.05, 4.69) is 12.2 Å². The molecule has 0 radical (unpaired) electrons. The van der Waals surface area contributed by atoms with Crippen LogP contribution in [0.4, 0.5) is 14.9 Å². The molecule has 2 amide bonds. The third-order valence-corrected chi connectivity index (χ3v) is 3.73. The number of rotatable bonds is 1. The topological polar surface area (TPSA) is 32.3 Å². The van der Waals surface area contributed by atoms with E-state index in [-0.39, 0.29) is 16.1 Å². The van der Waals surface area contributed by atoms with Crippen molar-refractivity contribution in [2.75, 3.05) is 18.4 Å². The highest BCUT2D eigenvalue weighted by atomic mass is 35.5. The largest absolute Gasteiger partial charge is 0.324 e. The van der Waals surface area contributed by atoms with Crippen molar-refractivity contribution in [2.24, 2.45) is 5.92 Å². The lowest BCUT2D eigenvalue weighted by atomic mass is 10.0. The van der Waals surface area contributed by atoms with Gasteiger partial charge < -0.3 is 10.2 Å². The van der Waals surface area contributed by atoms with Crippen LogP contribution < -0.4 is 5.32 Å². The first-order chi connectivity index (χ1) is 8.97. The lowest BCUT2D eigenvalue weighted by Gasteiger charge is -2.31. The first-order valence-corrected chi connectivity index (χ1v) is 6.93. The third kappa shape index (κ3) is 3.51. The molecule has 1 aromatic rings. The second-order valence-electron chi connectivity index (χ2n) is 4.88. The van der Waals surface area contributed by atoms with Crippen LogP contribution in [0.15, 0.2) is 12.1 Å². The maximum atomic E-state index is 13.3. The molecule has 0 aromatic heterocycles. The Labute approximate surface area is 121 Å². The summed E-state index contributed by atoms with van der Waals surface area (Å²) < 4.78 is 13.3. The molecule has 1 unspecified atom stereocenters. The maximum absolute atomic E-state index is 13.3. The Bertz CT molecular complexity index is 473. The van der Waals surface area contributed by atoms with E-state index in [4.69, 9.17) is 23.2 Å². The molecular weight excluding hydrogens is 290 g/mol. The number of hydrogen-bond donors (Lipinski definition) is 1. The van der Waals surface area contributed by atoms with Crippen LogP contribution in [0, 0.1) is 11.7 Å². The van der Waals surface area contributed by atoms with E-state index in [1.807, 2.05) is 0 Å². The highest BCUT2D eigenvalue weighted by Crippen LogP contribution is 2.27. The van der Waals surface area contributed by atoms with Gasteiger partial charge in [0.05, 0.1) is 10.0 Å². The van der Waals surface area contributed by atoms with Crippen molar-refractivity contribution in [3.05, 3.63) is 28.0 Å². The lowest BCUT2D eigenvalue weighted by molar-refractivity contribution is 0.182. The normalized spacial score (nSPS) is 19.4. The molecule has 1 saturated heterocycles. The van der Waals surface area contributed by atoms with Gasteiger partial charge in [0.25, 0.3) is 0 Å². The molecule has 2 rings (SSSR count). The number of piperidine rings is 1. The molecular formula is C13H15Cl2FN2O. The molecule has 1 aliphatic heterocycles. The van der Waals surface area contributed by atoms with Gasteiger partial charge in [0.15, 0.2) is 5.82 Å². The summed E-state index contributed by atoms with van der Waals surface area (Å²) in [5.41, 5.74) is 0.402. The number of nitrogens with zero attached hydrogens (tertiary/aromatic N) is 1. The molecule has 0 aliphatic carbocycles. The van der Waals surface area contributed by atoms with Gasteiger partial charge in [-0.15, -0.1) is 0 Å². The molecule has 1 aromatic carbocycles. The lowest BCUT2D eigenvalue weighted by Crippen LogP contribution is -2.41.